The number of rotatable bonds is 7. The maximum Gasteiger partial charge on any atom is 0.321 e. The molecule has 0 aliphatic heterocycles. The van der Waals surface area contributed by atoms with Crippen LogP contribution in [0.15, 0.2) is 29.2 Å². The Morgan fingerprint density at radius 1 is 1.32 bits per heavy atom. The number of hydrogen-bond acceptors (Lipinski definition) is 4. The first-order chi connectivity index (χ1) is 8.95. The van der Waals surface area contributed by atoms with Crippen LogP contribution in [0.1, 0.15) is 19.8 Å². The smallest absolute Gasteiger partial charge is 0.321 e. The van der Waals surface area contributed by atoms with Crippen molar-refractivity contribution in [1.29, 1.82) is 0 Å². The lowest BCUT2D eigenvalue weighted by Gasteiger charge is -2.07. The second-order valence-corrected chi connectivity index (χ2v) is 6.87. The summed E-state index contributed by atoms with van der Waals surface area (Å²) in [5, 5.41) is 0. The number of carbonyl (C=O) groups is 1. The van der Waals surface area contributed by atoms with E-state index in [4.69, 9.17) is 4.74 Å². The normalized spacial score (nSPS) is 11.3. The first-order valence-electron chi connectivity index (χ1n) is 5.86. The molecule has 0 aliphatic rings. The lowest BCUT2D eigenvalue weighted by Crippen LogP contribution is -2.30. The van der Waals surface area contributed by atoms with Gasteiger partial charge in [0.05, 0.1) is 11.5 Å². The second kappa shape index (κ2) is 7.81. The van der Waals surface area contributed by atoms with Crippen molar-refractivity contribution in [2.45, 2.75) is 24.7 Å². The third kappa shape index (κ3) is 5.87. The summed E-state index contributed by atoms with van der Waals surface area (Å²) in [6.45, 7) is 1.95. The molecule has 0 amide bonds. The number of benzene rings is 1. The molecule has 0 fully saturated rings. The van der Waals surface area contributed by atoms with Gasteiger partial charge in [-0.25, -0.2) is 8.42 Å². The molecule has 106 valence electrons. The van der Waals surface area contributed by atoms with E-state index in [1.54, 1.807) is 12.1 Å². The van der Waals surface area contributed by atoms with Crippen LogP contribution in [0.5, 0.6) is 0 Å². The molecule has 0 spiro atoms. The number of carbonyl (C=O) groups excluding carboxylic acids is 1. The molecule has 0 aliphatic carbocycles. The Labute approximate surface area is 126 Å². The number of unbranched alkanes of at least 4 members (excludes halogenated alkanes) is 1. The van der Waals surface area contributed by atoms with Crippen molar-refractivity contribution >= 4 is 38.6 Å². The summed E-state index contributed by atoms with van der Waals surface area (Å²) < 4.78 is 31.7. The van der Waals surface area contributed by atoms with Crippen LogP contribution in [0, 0.1) is 3.57 Å². The highest BCUT2D eigenvalue weighted by molar-refractivity contribution is 14.1. The maximum absolute atomic E-state index is 11.9. The van der Waals surface area contributed by atoms with E-state index in [2.05, 4.69) is 27.3 Å². The van der Waals surface area contributed by atoms with E-state index in [0.29, 0.717) is 6.61 Å². The lowest BCUT2D eigenvalue weighted by atomic mass is 10.4. The highest BCUT2D eigenvalue weighted by Gasteiger charge is 2.15. The van der Waals surface area contributed by atoms with Crippen LogP contribution in [0.2, 0.25) is 0 Å². The van der Waals surface area contributed by atoms with Gasteiger partial charge in [0, 0.05) is 3.57 Å². The number of hydrogen-bond donors (Lipinski definition) is 1. The number of halogens is 1. The molecular weight excluding hydrogens is 381 g/mol. The molecule has 1 aromatic carbocycles. The molecule has 0 unspecified atom stereocenters. The summed E-state index contributed by atoms with van der Waals surface area (Å²) in [7, 11) is -3.66. The Kier molecular flexibility index (Phi) is 6.73. The minimum Gasteiger partial charge on any atom is -0.465 e. The zero-order valence-corrected chi connectivity index (χ0v) is 13.5. The molecule has 7 heteroatoms. The first kappa shape index (κ1) is 16.4. The molecule has 1 rings (SSSR count). The maximum atomic E-state index is 11.9. The number of nitrogens with one attached hydrogen (secondary N) is 1. The van der Waals surface area contributed by atoms with Gasteiger partial charge in [0.1, 0.15) is 6.54 Å². The van der Waals surface area contributed by atoms with Gasteiger partial charge in [-0.1, -0.05) is 13.3 Å². The summed E-state index contributed by atoms with van der Waals surface area (Å²) in [4.78, 5) is 11.4. The Hall–Kier alpha value is -0.670. The minimum atomic E-state index is -3.66. The van der Waals surface area contributed by atoms with E-state index in [1.807, 2.05) is 6.92 Å². The fraction of sp³-hybridized carbons (Fsp3) is 0.417. The van der Waals surface area contributed by atoms with Crippen molar-refractivity contribution in [3.05, 3.63) is 27.8 Å². The van der Waals surface area contributed by atoms with E-state index < -0.39 is 16.0 Å². The van der Waals surface area contributed by atoms with Crippen molar-refractivity contribution in [2.75, 3.05) is 13.2 Å². The van der Waals surface area contributed by atoms with Crippen LogP contribution in [0.25, 0.3) is 0 Å². The van der Waals surface area contributed by atoms with Gasteiger partial charge in [-0.15, -0.1) is 0 Å². The van der Waals surface area contributed by atoms with Crippen molar-refractivity contribution in [3.63, 3.8) is 0 Å². The monoisotopic (exact) mass is 397 g/mol. The number of esters is 1. The van der Waals surface area contributed by atoms with Gasteiger partial charge in [0.15, 0.2) is 0 Å². The molecule has 0 saturated heterocycles. The predicted octanol–water partition coefficient (Wildman–Crippen LogP) is 1.91. The molecule has 5 nitrogen and oxygen atoms in total. The fourth-order valence-electron chi connectivity index (χ4n) is 1.23. The Balaban J connectivity index is 2.51. The Bertz CT molecular complexity index is 513. The topological polar surface area (TPSA) is 72.5 Å². The quantitative estimate of drug-likeness (QED) is 0.434. The first-order valence-corrected chi connectivity index (χ1v) is 8.42. The molecular formula is C12H16INO4S. The van der Waals surface area contributed by atoms with Crippen LogP contribution >= 0.6 is 22.6 Å². The molecule has 0 saturated carbocycles. The van der Waals surface area contributed by atoms with Gasteiger partial charge in [0.25, 0.3) is 0 Å². The highest BCUT2D eigenvalue weighted by atomic mass is 127. The number of ether oxygens (including phenoxy) is 1. The molecule has 0 radical (unpaired) electrons. The SMILES string of the molecule is CCCCOC(=O)CNS(=O)(=O)c1ccc(I)cc1. The summed E-state index contributed by atoms with van der Waals surface area (Å²) in [6.07, 6.45) is 1.69. The van der Waals surface area contributed by atoms with Crippen molar-refractivity contribution in [2.24, 2.45) is 0 Å². The average Bonchev–Trinajstić information content (AvgIpc) is 2.37. The van der Waals surface area contributed by atoms with Crippen LogP contribution in [-0.2, 0) is 19.6 Å². The molecule has 1 aromatic rings. The van der Waals surface area contributed by atoms with E-state index in [0.717, 1.165) is 16.4 Å². The Morgan fingerprint density at radius 3 is 2.53 bits per heavy atom. The summed E-state index contributed by atoms with van der Waals surface area (Å²) in [5.41, 5.74) is 0. The van der Waals surface area contributed by atoms with E-state index in [-0.39, 0.29) is 11.4 Å². The fourth-order valence-corrected chi connectivity index (χ4v) is 2.56. The molecule has 19 heavy (non-hydrogen) atoms. The highest BCUT2D eigenvalue weighted by Crippen LogP contribution is 2.11. The third-order valence-corrected chi connectivity index (χ3v) is 4.43. The predicted molar refractivity (Wildman–Crippen MR) is 80.2 cm³/mol. The van der Waals surface area contributed by atoms with E-state index in [1.165, 1.54) is 12.1 Å². The Morgan fingerprint density at radius 2 is 1.95 bits per heavy atom. The summed E-state index contributed by atoms with van der Waals surface area (Å²) in [5.74, 6) is -0.567. The van der Waals surface area contributed by atoms with Gasteiger partial charge in [-0.3, -0.25) is 4.79 Å². The third-order valence-electron chi connectivity index (χ3n) is 2.29. The zero-order chi connectivity index (χ0) is 14.3. The lowest BCUT2D eigenvalue weighted by molar-refractivity contribution is -0.142. The molecule has 0 bridgehead atoms. The molecule has 0 atom stereocenters. The molecule has 0 aromatic heterocycles. The van der Waals surface area contributed by atoms with Crippen molar-refractivity contribution in [1.82, 2.24) is 4.72 Å². The van der Waals surface area contributed by atoms with Crippen molar-refractivity contribution < 1.29 is 17.9 Å². The van der Waals surface area contributed by atoms with Crippen LogP contribution in [0.4, 0.5) is 0 Å². The van der Waals surface area contributed by atoms with E-state index >= 15 is 0 Å². The second-order valence-electron chi connectivity index (χ2n) is 3.85. The summed E-state index contributed by atoms with van der Waals surface area (Å²) in [6, 6.07) is 6.36. The van der Waals surface area contributed by atoms with Crippen LogP contribution in [0.3, 0.4) is 0 Å². The van der Waals surface area contributed by atoms with Gasteiger partial charge >= 0.3 is 5.97 Å². The van der Waals surface area contributed by atoms with Gasteiger partial charge in [-0.2, -0.15) is 4.72 Å². The van der Waals surface area contributed by atoms with E-state index in [9.17, 15) is 13.2 Å². The minimum absolute atomic E-state index is 0.134. The van der Waals surface area contributed by atoms with Gasteiger partial charge in [-0.05, 0) is 53.3 Å². The van der Waals surface area contributed by atoms with Crippen molar-refractivity contribution in [3.8, 4) is 0 Å². The van der Waals surface area contributed by atoms with Gasteiger partial charge in [0.2, 0.25) is 10.0 Å². The average molecular weight is 397 g/mol. The van der Waals surface area contributed by atoms with Crippen LogP contribution < -0.4 is 4.72 Å². The summed E-state index contributed by atoms with van der Waals surface area (Å²) >= 11 is 2.09. The number of sulfonamides is 1. The standard InChI is InChI=1S/C12H16INO4S/c1-2-3-8-18-12(15)9-14-19(16,17)11-6-4-10(13)5-7-11/h4-7,14H,2-3,8-9H2,1H3. The van der Waals surface area contributed by atoms with Gasteiger partial charge < -0.3 is 4.74 Å². The molecule has 1 N–H and O–H groups in total. The molecule has 0 heterocycles. The largest absolute Gasteiger partial charge is 0.465 e. The zero-order valence-electron chi connectivity index (χ0n) is 10.6. The van der Waals surface area contributed by atoms with Crippen LogP contribution in [-0.4, -0.2) is 27.5 Å².